The van der Waals surface area contributed by atoms with Crippen LogP contribution in [0.25, 0.3) is 0 Å². The van der Waals surface area contributed by atoms with Crippen molar-refractivity contribution < 1.29 is 22.5 Å². The van der Waals surface area contributed by atoms with Crippen molar-refractivity contribution >= 4 is 16.1 Å². The van der Waals surface area contributed by atoms with Gasteiger partial charge in [-0.25, -0.2) is 0 Å². The number of methoxy groups -OCH3 is 1. The van der Waals surface area contributed by atoms with Gasteiger partial charge >= 0.3 is 5.97 Å². The zero-order valence-electron chi connectivity index (χ0n) is 8.38. The molecule has 0 aliphatic heterocycles. The van der Waals surface area contributed by atoms with Crippen LogP contribution in [-0.4, -0.2) is 26.0 Å². The van der Waals surface area contributed by atoms with Crippen LogP contribution in [0.3, 0.4) is 0 Å². The topological polar surface area (TPSA) is 80.7 Å². The molecule has 0 spiro atoms. The summed E-state index contributed by atoms with van der Waals surface area (Å²) in [6.07, 6.45) is 0. The third kappa shape index (κ3) is 6.64. The van der Waals surface area contributed by atoms with Crippen LogP contribution in [-0.2, 0) is 19.6 Å². The molecule has 1 aromatic rings. The Hall–Kier alpha value is -1.40. The van der Waals surface area contributed by atoms with Gasteiger partial charge in [0.25, 0.3) is 10.1 Å². The lowest BCUT2D eigenvalue weighted by Crippen LogP contribution is -1.96. The van der Waals surface area contributed by atoms with E-state index in [9.17, 15) is 13.2 Å². The molecule has 0 aromatic heterocycles. The summed E-state index contributed by atoms with van der Waals surface area (Å²) < 4.78 is 33.3. The highest BCUT2D eigenvalue weighted by atomic mass is 32.2. The zero-order valence-corrected chi connectivity index (χ0v) is 9.19. The highest BCUT2D eigenvalue weighted by molar-refractivity contribution is 7.85. The maximum absolute atomic E-state index is 10.4. The minimum absolute atomic E-state index is 0.0741. The minimum atomic E-state index is -4.00. The molecular formula is C9H12O5S. The Morgan fingerprint density at radius 3 is 1.87 bits per heavy atom. The van der Waals surface area contributed by atoms with Gasteiger partial charge in [0.1, 0.15) is 0 Å². The van der Waals surface area contributed by atoms with E-state index < -0.39 is 10.1 Å². The molecule has 84 valence electrons. The lowest BCUT2D eigenvalue weighted by atomic mass is 10.4. The zero-order chi connectivity index (χ0) is 11.9. The second-order valence-corrected chi connectivity index (χ2v) is 3.91. The van der Waals surface area contributed by atoms with Crippen molar-refractivity contribution in [1.29, 1.82) is 0 Å². The number of hydrogen-bond acceptors (Lipinski definition) is 4. The second kappa shape index (κ2) is 6.15. The van der Waals surface area contributed by atoms with Crippen LogP contribution in [0.15, 0.2) is 35.2 Å². The fraction of sp³-hybridized carbons (Fsp3) is 0.222. The molecule has 0 amide bonds. The van der Waals surface area contributed by atoms with Gasteiger partial charge in [-0.05, 0) is 12.1 Å². The van der Waals surface area contributed by atoms with Gasteiger partial charge in [-0.2, -0.15) is 8.42 Å². The monoisotopic (exact) mass is 232 g/mol. The van der Waals surface area contributed by atoms with Crippen molar-refractivity contribution in [3.05, 3.63) is 30.3 Å². The van der Waals surface area contributed by atoms with Crippen LogP contribution in [0.2, 0.25) is 0 Å². The maximum atomic E-state index is 10.4. The van der Waals surface area contributed by atoms with Gasteiger partial charge in [-0.1, -0.05) is 18.2 Å². The van der Waals surface area contributed by atoms with E-state index >= 15 is 0 Å². The highest BCUT2D eigenvalue weighted by Crippen LogP contribution is 2.05. The number of carbonyl (C=O) groups is 1. The second-order valence-electron chi connectivity index (χ2n) is 2.48. The Bertz CT molecular complexity index is 396. The molecule has 0 fully saturated rings. The van der Waals surface area contributed by atoms with E-state index in [1.807, 2.05) is 0 Å². The molecule has 0 aliphatic carbocycles. The van der Waals surface area contributed by atoms with E-state index in [4.69, 9.17) is 4.55 Å². The lowest BCUT2D eigenvalue weighted by Gasteiger charge is -1.92. The molecule has 0 bridgehead atoms. The van der Waals surface area contributed by atoms with Crippen molar-refractivity contribution in [1.82, 2.24) is 0 Å². The lowest BCUT2D eigenvalue weighted by molar-refractivity contribution is -0.137. The molecule has 0 heterocycles. The van der Waals surface area contributed by atoms with Crippen molar-refractivity contribution in [2.75, 3.05) is 7.11 Å². The molecule has 0 atom stereocenters. The van der Waals surface area contributed by atoms with Crippen LogP contribution in [0.5, 0.6) is 0 Å². The molecule has 1 N–H and O–H groups in total. The predicted molar refractivity (Wildman–Crippen MR) is 53.9 cm³/mol. The van der Waals surface area contributed by atoms with Crippen LogP contribution in [0.4, 0.5) is 0 Å². The SMILES string of the molecule is COC(C)=O.O=S(=O)(O)c1ccccc1. The Balaban J connectivity index is 0.000000336. The largest absolute Gasteiger partial charge is 0.469 e. The number of carbonyl (C=O) groups excluding carboxylic acids is 1. The van der Waals surface area contributed by atoms with Gasteiger partial charge in [0.2, 0.25) is 0 Å². The Kier molecular flexibility index (Phi) is 5.58. The molecule has 0 unspecified atom stereocenters. The van der Waals surface area contributed by atoms with Crippen LogP contribution >= 0.6 is 0 Å². The molecule has 1 aromatic carbocycles. The van der Waals surface area contributed by atoms with Crippen LogP contribution in [0.1, 0.15) is 6.92 Å². The molecule has 0 saturated carbocycles. The van der Waals surface area contributed by atoms with Crippen molar-refractivity contribution in [2.45, 2.75) is 11.8 Å². The summed E-state index contributed by atoms with van der Waals surface area (Å²) >= 11 is 0. The summed E-state index contributed by atoms with van der Waals surface area (Å²) in [6.45, 7) is 1.36. The highest BCUT2D eigenvalue weighted by Gasteiger charge is 2.05. The summed E-state index contributed by atoms with van der Waals surface area (Å²) in [5.41, 5.74) is 0. The van der Waals surface area contributed by atoms with E-state index in [2.05, 4.69) is 4.74 Å². The molecule has 6 heteroatoms. The van der Waals surface area contributed by atoms with Crippen LogP contribution in [0, 0.1) is 0 Å². The van der Waals surface area contributed by atoms with Gasteiger partial charge in [-0.3, -0.25) is 9.35 Å². The predicted octanol–water partition coefficient (Wildman–Crippen LogP) is 1.11. The smallest absolute Gasteiger partial charge is 0.302 e. The molecule has 5 nitrogen and oxygen atoms in total. The minimum Gasteiger partial charge on any atom is -0.469 e. The summed E-state index contributed by atoms with van der Waals surface area (Å²) in [5, 5.41) is 0. The van der Waals surface area contributed by atoms with Crippen molar-refractivity contribution in [3.8, 4) is 0 Å². The average molecular weight is 232 g/mol. The Morgan fingerprint density at radius 2 is 1.67 bits per heavy atom. The normalized spacial score (nSPS) is 9.80. The van der Waals surface area contributed by atoms with Gasteiger partial charge in [0, 0.05) is 6.92 Å². The molecule has 0 radical (unpaired) electrons. The first-order valence-electron chi connectivity index (χ1n) is 3.95. The van der Waals surface area contributed by atoms with E-state index in [0.29, 0.717) is 0 Å². The Morgan fingerprint density at radius 1 is 1.27 bits per heavy atom. The number of esters is 1. The first kappa shape index (κ1) is 13.6. The Labute approximate surface area is 88.4 Å². The number of rotatable bonds is 1. The van der Waals surface area contributed by atoms with Crippen LogP contribution < -0.4 is 0 Å². The number of ether oxygens (including phenoxy) is 1. The summed E-state index contributed by atoms with van der Waals surface area (Å²) in [4.78, 5) is 9.52. The fourth-order valence-corrected chi connectivity index (χ4v) is 1.09. The average Bonchev–Trinajstić information content (AvgIpc) is 2.19. The fourth-order valence-electron chi connectivity index (χ4n) is 0.592. The van der Waals surface area contributed by atoms with E-state index in [-0.39, 0.29) is 10.9 Å². The first-order valence-corrected chi connectivity index (χ1v) is 5.39. The summed E-state index contributed by atoms with van der Waals surface area (Å²) in [5.74, 6) is -0.245. The van der Waals surface area contributed by atoms with E-state index in [1.54, 1.807) is 18.2 Å². The summed E-state index contributed by atoms with van der Waals surface area (Å²) in [6, 6.07) is 7.42. The quantitative estimate of drug-likeness (QED) is 0.579. The first-order chi connectivity index (χ1) is 6.88. The maximum Gasteiger partial charge on any atom is 0.302 e. The molecule has 1 rings (SSSR count). The molecule has 0 saturated heterocycles. The van der Waals surface area contributed by atoms with Gasteiger partial charge in [0.15, 0.2) is 0 Å². The van der Waals surface area contributed by atoms with Gasteiger partial charge in [-0.15, -0.1) is 0 Å². The van der Waals surface area contributed by atoms with Crippen molar-refractivity contribution in [2.24, 2.45) is 0 Å². The standard InChI is InChI=1S/C6H6O3S.C3H6O2/c7-10(8,9)6-4-2-1-3-5-6;1-3(4)5-2/h1-5H,(H,7,8,9);1-2H3. The van der Waals surface area contributed by atoms with Gasteiger partial charge < -0.3 is 4.74 Å². The van der Waals surface area contributed by atoms with Gasteiger partial charge in [0.05, 0.1) is 12.0 Å². The van der Waals surface area contributed by atoms with E-state index in [0.717, 1.165) is 0 Å². The third-order valence-corrected chi connectivity index (χ3v) is 2.20. The van der Waals surface area contributed by atoms with Crippen molar-refractivity contribution in [3.63, 3.8) is 0 Å². The third-order valence-electron chi connectivity index (χ3n) is 1.33. The number of benzene rings is 1. The number of hydrogen-bond donors (Lipinski definition) is 1. The molecule has 15 heavy (non-hydrogen) atoms. The molecular weight excluding hydrogens is 220 g/mol. The van der Waals surface area contributed by atoms with E-state index in [1.165, 1.54) is 26.2 Å². The molecule has 0 aliphatic rings. The summed E-state index contributed by atoms with van der Waals surface area (Å²) in [7, 11) is -2.65.